The largest absolute Gasteiger partial charge is 0.359 e. The third-order valence-corrected chi connectivity index (χ3v) is 5.59. The number of fused-ring (bicyclic) bond motifs is 1. The van der Waals surface area contributed by atoms with Gasteiger partial charge < -0.3 is 15.6 Å². The summed E-state index contributed by atoms with van der Waals surface area (Å²) in [5, 5.41) is 7.30. The first kappa shape index (κ1) is 17.9. The summed E-state index contributed by atoms with van der Waals surface area (Å²) in [6.45, 7) is 0. The number of hydrogen-bond acceptors (Lipinski definition) is 1. The summed E-state index contributed by atoms with van der Waals surface area (Å²) in [4.78, 5) is 15.5. The molecule has 3 N–H and O–H groups in total. The molecule has 2 aromatic carbocycles. The van der Waals surface area contributed by atoms with Crippen LogP contribution < -0.4 is 10.6 Å². The predicted molar refractivity (Wildman–Crippen MR) is 113 cm³/mol. The van der Waals surface area contributed by atoms with E-state index in [9.17, 15) is 4.79 Å². The second-order valence-corrected chi connectivity index (χ2v) is 7.81. The van der Waals surface area contributed by atoms with Gasteiger partial charge in [0, 0.05) is 27.8 Å². The van der Waals surface area contributed by atoms with Gasteiger partial charge in [-0.05, 0) is 48.2 Å². The van der Waals surface area contributed by atoms with Gasteiger partial charge in [0.25, 0.3) is 0 Å². The minimum atomic E-state index is -0.268. The van der Waals surface area contributed by atoms with E-state index in [1.54, 1.807) is 6.20 Å². The molecule has 1 aliphatic carbocycles. The first-order chi connectivity index (χ1) is 13.2. The highest BCUT2D eigenvalue weighted by Crippen LogP contribution is 2.28. The predicted octanol–water partition coefficient (Wildman–Crippen LogP) is 6.59. The Kier molecular flexibility index (Phi) is 5.35. The maximum absolute atomic E-state index is 12.3. The van der Waals surface area contributed by atoms with Crippen LogP contribution in [0.5, 0.6) is 0 Å². The van der Waals surface area contributed by atoms with Gasteiger partial charge in [0.2, 0.25) is 0 Å². The van der Waals surface area contributed by atoms with Crippen LogP contribution in [-0.2, 0) is 6.42 Å². The second-order valence-electron chi connectivity index (χ2n) is 7.38. The maximum Gasteiger partial charge on any atom is 0.323 e. The lowest BCUT2D eigenvalue weighted by Gasteiger charge is -2.21. The second kappa shape index (κ2) is 8.05. The summed E-state index contributed by atoms with van der Waals surface area (Å²) >= 11 is 6.06. The minimum absolute atomic E-state index is 0.268. The van der Waals surface area contributed by atoms with Crippen LogP contribution in [0.1, 0.15) is 37.7 Å². The zero-order valence-electron chi connectivity index (χ0n) is 15.2. The molecule has 0 saturated heterocycles. The molecule has 0 spiro atoms. The number of benzene rings is 2. The van der Waals surface area contributed by atoms with Crippen molar-refractivity contribution in [2.24, 2.45) is 5.92 Å². The molecule has 1 fully saturated rings. The number of amides is 2. The topological polar surface area (TPSA) is 56.9 Å². The number of carbonyl (C=O) groups excluding carboxylic acids is 1. The maximum atomic E-state index is 12.3. The molecule has 1 aliphatic rings. The van der Waals surface area contributed by atoms with Gasteiger partial charge in [-0.2, -0.15) is 0 Å². The molecule has 27 heavy (non-hydrogen) atoms. The number of urea groups is 1. The Morgan fingerprint density at radius 2 is 1.81 bits per heavy atom. The monoisotopic (exact) mass is 381 g/mol. The van der Waals surface area contributed by atoms with Crippen molar-refractivity contribution in [1.29, 1.82) is 0 Å². The summed E-state index contributed by atoms with van der Waals surface area (Å²) in [5.74, 6) is 0.814. The SMILES string of the molecule is O=C(Nc1ccc(CC2CCCCC2)cc1)Nc1c[nH]c2ccc(Cl)cc12. The normalized spacial score (nSPS) is 15.0. The molecule has 0 aliphatic heterocycles. The summed E-state index contributed by atoms with van der Waals surface area (Å²) in [7, 11) is 0. The molecule has 2 amide bonds. The van der Waals surface area contributed by atoms with Crippen molar-refractivity contribution in [3.63, 3.8) is 0 Å². The number of halogens is 1. The molecule has 1 heterocycles. The molecule has 0 bridgehead atoms. The number of carbonyl (C=O) groups is 1. The van der Waals surface area contributed by atoms with Gasteiger partial charge in [0.15, 0.2) is 0 Å². The van der Waals surface area contributed by atoms with Crippen molar-refractivity contribution in [3.05, 3.63) is 59.2 Å². The molecule has 5 heteroatoms. The van der Waals surface area contributed by atoms with Gasteiger partial charge in [-0.1, -0.05) is 55.8 Å². The van der Waals surface area contributed by atoms with E-state index in [0.717, 1.165) is 28.9 Å². The van der Waals surface area contributed by atoms with Crippen molar-refractivity contribution >= 4 is 39.9 Å². The van der Waals surface area contributed by atoms with Crippen LogP contribution in [0.15, 0.2) is 48.7 Å². The molecule has 140 valence electrons. The first-order valence-electron chi connectivity index (χ1n) is 9.61. The van der Waals surface area contributed by atoms with Crippen LogP contribution in [0.2, 0.25) is 5.02 Å². The number of rotatable bonds is 4. The quantitative estimate of drug-likeness (QED) is 0.469. The fraction of sp³-hybridized carbons (Fsp3) is 0.318. The third kappa shape index (κ3) is 4.45. The van der Waals surface area contributed by atoms with Gasteiger partial charge in [0.05, 0.1) is 5.69 Å². The minimum Gasteiger partial charge on any atom is -0.359 e. The van der Waals surface area contributed by atoms with E-state index in [4.69, 9.17) is 11.6 Å². The van der Waals surface area contributed by atoms with Crippen molar-refractivity contribution in [2.45, 2.75) is 38.5 Å². The molecule has 0 radical (unpaired) electrons. The summed E-state index contributed by atoms with van der Waals surface area (Å²) < 4.78 is 0. The molecule has 0 atom stereocenters. The fourth-order valence-electron chi connectivity index (χ4n) is 3.93. The van der Waals surface area contributed by atoms with Gasteiger partial charge >= 0.3 is 6.03 Å². The number of aromatic nitrogens is 1. The smallest absolute Gasteiger partial charge is 0.323 e. The van der Waals surface area contributed by atoms with Gasteiger partial charge in [0.1, 0.15) is 0 Å². The Bertz CT molecular complexity index is 926. The number of anilines is 2. The standard InChI is InChI=1S/C22H24ClN3O/c23-17-8-11-20-19(13-17)21(14-24-20)26-22(27)25-18-9-6-16(7-10-18)12-15-4-2-1-3-5-15/h6-11,13-15,24H,1-5,12H2,(H2,25,26,27). The van der Waals surface area contributed by atoms with E-state index in [-0.39, 0.29) is 6.03 Å². The van der Waals surface area contributed by atoms with Crippen LogP contribution in [-0.4, -0.2) is 11.0 Å². The van der Waals surface area contributed by atoms with Crippen LogP contribution in [0.25, 0.3) is 10.9 Å². The van der Waals surface area contributed by atoms with E-state index in [1.165, 1.54) is 37.7 Å². The van der Waals surface area contributed by atoms with E-state index in [1.807, 2.05) is 30.3 Å². The van der Waals surface area contributed by atoms with Gasteiger partial charge in [-0.3, -0.25) is 0 Å². The molecular formula is C22H24ClN3O. The van der Waals surface area contributed by atoms with Gasteiger partial charge in [-0.25, -0.2) is 4.79 Å². The van der Waals surface area contributed by atoms with Crippen molar-refractivity contribution in [2.75, 3.05) is 10.6 Å². The Morgan fingerprint density at radius 3 is 2.59 bits per heavy atom. The average molecular weight is 382 g/mol. The lowest BCUT2D eigenvalue weighted by molar-refractivity contribution is 0.262. The molecule has 4 rings (SSSR count). The van der Waals surface area contributed by atoms with E-state index in [2.05, 4.69) is 27.8 Å². The summed E-state index contributed by atoms with van der Waals surface area (Å²) in [6, 6.07) is 13.5. The highest BCUT2D eigenvalue weighted by molar-refractivity contribution is 6.31. The highest BCUT2D eigenvalue weighted by atomic mass is 35.5. The highest BCUT2D eigenvalue weighted by Gasteiger charge is 2.14. The molecule has 4 nitrogen and oxygen atoms in total. The zero-order chi connectivity index (χ0) is 18.6. The Balaban J connectivity index is 1.36. The Labute approximate surface area is 164 Å². The number of nitrogens with one attached hydrogen (secondary N) is 3. The van der Waals surface area contributed by atoms with Crippen molar-refractivity contribution in [3.8, 4) is 0 Å². The van der Waals surface area contributed by atoms with Crippen LogP contribution in [0.3, 0.4) is 0 Å². The Hall–Kier alpha value is -2.46. The Morgan fingerprint density at radius 1 is 1.04 bits per heavy atom. The summed E-state index contributed by atoms with van der Waals surface area (Å²) in [5.41, 5.74) is 3.78. The van der Waals surface area contributed by atoms with Crippen molar-refractivity contribution in [1.82, 2.24) is 4.98 Å². The van der Waals surface area contributed by atoms with Crippen LogP contribution in [0.4, 0.5) is 16.2 Å². The molecular weight excluding hydrogens is 358 g/mol. The number of aromatic amines is 1. The lowest BCUT2D eigenvalue weighted by Crippen LogP contribution is -2.19. The zero-order valence-corrected chi connectivity index (χ0v) is 16.0. The van der Waals surface area contributed by atoms with E-state index >= 15 is 0 Å². The van der Waals surface area contributed by atoms with E-state index in [0.29, 0.717) is 10.7 Å². The molecule has 3 aromatic rings. The molecule has 0 unspecified atom stereocenters. The van der Waals surface area contributed by atoms with Crippen LogP contribution >= 0.6 is 11.6 Å². The third-order valence-electron chi connectivity index (χ3n) is 5.35. The molecule has 1 saturated carbocycles. The summed E-state index contributed by atoms with van der Waals surface area (Å²) in [6.07, 6.45) is 9.72. The molecule has 1 aromatic heterocycles. The number of hydrogen-bond donors (Lipinski definition) is 3. The lowest BCUT2D eigenvalue weighted by atomic mass is 9.85. The van der Waals surface area contributed by atoms with Gasteiger partial charge in [-0.15, -0.1) is 0 Å². The van der Waals surface area contributed by atoms with Crippen molar-refractivity contribution < 1.29 is 4.79 Å². The number of H-pyrrole nitrogens is 1. The first-order valence-corrected chi connectivity index (χ1v) is 9.99. The fourth-order valence-corrected chi connectivity index (χ4v) is 4.10. The average Bonchev–Trinajstić information content (AvgIpc) is 3.06. The van der Waals surface area contributed by atoms with E-state index < -0.39 is 0 Å². The van der Waals surface area contributed by atoms with Crippen LogP contribution in [0, 0.1) is 5.92 Å².